The predicted octanol–water partition coefficient (Wildman–Crippen LogP) is 0.916. The standard InChI is InChI=1S/C13H17N3O2S/c1-10-9-16(7-6-13(10)15)19(17,18)12-4-2-11(8-14)3-5-12/h2-5,10,13H,6-7,9,15H2,1H3. The highest BCUT2D eigenvalue weighted by Crippen LogP contribution is 2.23. The molecule has 1 aromatic rings. The van der Waals surface area contributed by atoms with E-state index in [1.54, 1.807) is 0 Å². The van der Waals surface area contributed by atoms with Crippen LogP contribution in [0.3, 0.4) is 0 Å². The van der Waals surface area contributed by atoms with Gasteiger partial charge in [0.05, 0.1) is 16.5 Å². The van der Waals surface area contributed by atoms with E-state index in [1.807, 2.05) is 13.0 Å². The van der Waals surface area contributed by atoms with E-state index in [0.717, 1.165) is 0 Å². The minimum Gasteiger partial charge on any atom is -0.327 e. The quantitative estimate of drug-likeness (QED) is 0.872. The van der Waals surface area contributed by atoms with Gasteiger partial charge in [-0.25, -0.2) is 8.42 Å². The Morgan fingerprint density at radius 2 is 2.00 bits per heavy atom. The lowest BCUT2D eigenvalue weighted by molar-refractivity contribution is 0.250. The van der Waals surface area contributed by atoms with Crippen molar-refractivity contribution < 1.29 is 8.42 Å². The highest BCUT2D eigenvalue weighted by Gasteiger charge is 2.31. The molecule has 1 fully saturated rings. The SMILES string of the molecule is CC1CN(S(=O)(=O)c2ccc(C#N)cc2)CCC1N. The molecule has 1 heterocycles. The molecule has 0 spiro atoms. The van der Waals surface area contributed by atoms with Gasteiger partial charge in [-0.2, -0.15) is 9.57 Å². The van der Waals surface area contributed by atoms with Crippen LogP contribution in [-0.2, 0) is 10.0 Å². The van der Waals surface area contributed by atoms with Crippen LogP contribution in [0.25, 0.3) is 0 Å². The van der Waals surface area contributed by atoms with E-state index in [-0.39, 0.29) is 16.9 Å². The summed E-state index contributed by atoms with van der Waals surface area (Å²) in [4.78, 5) is 0.231. The van der Waals surface area contributed by atoms with Crippen molar-refractivity contribution in [3.05, 3.63) is 29.8 Å². The lowest BCUT2D eigenvalue weighted by Gasteiger charge is -2.34. The molecule has 0 bridgehead atoms. The van der Waals surface area contributed by atoms with E-state index in [4.69, 9.17) is 11.0 Å². The number of nitrogens with two attached hydrogens (primary N) is 1. The van der Waals surface area contributed by atoms with Gasteiger partial charge < -0.3 is 5.73 Å². The molecule has 2 N–H and O–H groups in total. The van der Waals surface area contributed by atoms with Crippen LogP contribution in [0.1, 0.15) is 18.9 Å². The summed E-state index contributed by atoms with van der Waals surface area (Å²) in [6, 6.07) is 8.03. The van der Waals surface area contributed by atoms with Gasteiger partial charge in [0.25, 0.3) is 0 Å². The van der Waals surface area contributed by atoms with Crippen molar-refractivity contribution in [1.82, 2.24) is 4.31 Å². The van der Waals surface area contributed by atoms with Gasteiger partial charge in [-0.15, -0.1) is 0 Å². The average Bonchev–Trinajstić information content (AvgIpc) is 2.41. The topological polar surface area (TPSA) is 87.2 Å². The fourth-order valence-electron chi connectivity index (χ4n) is 2.19. The Labute approximate surface area is 113 Å². The van der Waals surface area contributed by atoms with Gasteiger partial charge >= 0.3 is 0 Å². The van der Waals surface area contributed by atoms with Crippen LogP contribution in [-0.4, -0.2) is 31.9 Å². The summed E-state index contributed by atoms with van der Waals surface area (Å²) in [6.07, 6.45) is 0.677. The van der Waals surface area contributed by atoms with Gasteiger partial charge in [-0.3, -0.25) is 0 Å². The largest absolute Gasteiger partial charge is 0.327 e. The first-order valence-electron chi connectivity index (χ1n) is 6.21. The van der Waals surface area contributed by atoms with Crippen LogP contribution in [0.5, 0.6) is 0 Å². The molecule has 0 amide bonds. The normalized spacial score (nSPS) is 24.9. The minimum atomic E-state index is -3.47. The fraction of sp³-hybridized carbons (Fsp3) is 0.462. The Balaban J connectivity index is 2.25. The third kappa shape index (κ3) is 2.78. The van der Waals surface area contributed by atoms with E-state index in [9.17, 15) is 8.42 Å². The summed E-state index contributed by atoms with van der Waals surface area (Å²) >= 11 is 0. The maximum absolute atomic E-state index is 12.4. The Hall–Kier alpha value is -1.42. The molecule has 1 aliphatic heterocycles. The third-order valence-electron chi connectivity index (χ3n) is 3.56. The highest BCUT2D eigenvalue weighted by molar-refractivity contribution is 7.89. The zero-order valence-corrected chi connectivity index (χ0v) is 11.6. The zero-order chi connectivity index (χ0) is 14.0. The second-order valence-electron chi connectivity index (χ2n) is 4.93. The number of nitrogens with zero attached hydrogens (tertiary/aromatic N) is 2. The molecule has 2 unspecified atom stereocenters. The van der Waals surface area contributed by atoms with Crippen LogP contribution >= 0.6 is 0 Å². The number of sulfonamides is 1. The van der Waals surface area contributed by atoms with E-state index < -0.39 is 10.0 Å². The van der Waals surface area contributed by atoms with E-state index in [2.05, 4.69) is 0 Å². The summed E-state index contributed by atoms with van der Waals surface area (Å²) in [5.41, 5.74) is 6.35. The Bertz CT molecular complexity index is 589. The van der Waals surface area contributed by atoms with Crippen molar-refractivity contribution in [1.29, 1.82) is 5.26 Å². The molecule has 1 aromatic carbocycles. The second kappa shape index (κ2) is 5.29. The molecule has 0 aromatic heterocycles. The Morgan fingerprint density at radius 3 is 2.53 bits per heavy atom. The number of benzene rings is 1. The number of hydrogen-bond donors (Lipinski definition) is 1. The summed E-state index contributed by atoms with van der Waals surface area (Å²) in [7, 11) is -3.47. The third-order valence-corrected chi connectivity index (χ3v) is 5.43. The van der Waals surface area contributed by atoms with Gasteiger partial charge in [0.2, 0.25) is 10.0 Å². The Kier molecular flexibility index (Phi) is 3.90. The molecular weight excluding hydrogens is 262 g/mol. The molecule has 5 nitrogen and oxygen atoms in total. The van der Waals surface area contributed by atoms with Crippen molar-refractivity contribution in [2.24, 2.45) is 11.7 Å². The molecular formula is C13H17N3O2S. The fourth-order valence-corrected chi connectivity index (χ4v) is 3.75. The molecule has 19 heavy (non-hydrogen) atoms. The highest BCUT2D eigenvalue weighted by atomic mass is 32.2. The lowest BCUT2D eigenvalue weighted by atomic mass is 9.96. The van der Waals surface area contributed by atoms with Crippen molar-refractivity contribution in [3.63, 3.8) is 0 Å². The van der Waals surface area contributed by atoms with Gasteiger partial charge in [0.15, 0.2) is 0 Å². The van der Waals surface area contributed by atoms with E-state index in [1.165, 1.54) is 28.6 Å². The maximum Gasteiger partial charge on any atom is 0.243 e. The molecule has 2 atom stereocenters. The maximum atomic E-state index is 12.4. The molecule has 0 saturated carbocycles. The van der Waals surface area contributed by atoms with E-state index in [0.29, 0.717) is 25.1 Å². The van der Waals surface area contributed by atoms with Gasteiger partial charge in [0, 0.05) is 19.1 Å². The summed E-state index contributed by atoms with van der Waals surface area (Å²) in [6.45, 7) is 2.86. The molecule has 1 aliphatic rings. The van der Waals surface area contributed by atoms with E-state index >= 15 is 0 Å². The molecule has 102 valence electrons. The van der Waals surface area contributed by atoms with Gasteiger partial charge in [0.1, 0.15) is 0 Å². The molecule has 0 radical (unpaired) electrons. The van der Waals surface area contributed by atoms with Crippen molar-refractivity contribution in [3.8, 4) is 6.07 Å². The lowest BCUT2D eigenvalue weighted by Crippen LogP contribution is -2.48. The first-order chi connectivity index (χ1) is 8.95. The minimum absolute atomic E-state index is 0.0624. The van der Waals surface area contributed by atoms with Gasteiger partial charge in [-0.1, -0.05) is 6.92 Å². The van der Waals surface area contributed by atoms with Crippen LogP contribution in [0.2, 0.25) is 0 Å². The van der Waals surface area contributed by atoms with Gasteiger partial charge in [-0.05, 0) is 36.6 Å². The van der Waals surface area contributed by atoms with Crippen LogP contribution < -0.4 is 5.73 Å². The first-order valence-corrected chi connectivity index (χ1v) is 7.65. The van der Waals surface area contributed by atoms with Crippen LogP contribution in [0, 0.1) is 17.2 Å². The number of rotatable bonds is 2. The molecule has 6 heteroatoms. The number of piperidine rings is 1. The van der Waals surface area contributed by atoms with Crippen molar-refractivity contribution in [2.75, 3.05) is 13.1 Å². The predicted molar refractivity (Wildman–Crippen MR) is 71.7 cm³/mol. The summed E-state index contributed by atoms with van der Waals surface area (Å²) < 4.78 is 26.4. The molecule has 2 rings (SSSR count). The summed E-state index contributed by atoms with van der Waals surface area (Å²) in [5, 5.41) is 8.72. The average molecular weight is 279 g/mol. The molecule has 1 saturated heterocycles. The number of hydrogen-bond acceptors (Lipinski definition) is 4. The number of nitriles is 1. The summed E-state index contributed by atoms with van der Waals surface area (Å²) in [5.74, 6) is 0.155. The van der Waals surface area contributed by atoms with Crippen molar-refractivity contribution >= 4 is 10.0 Å². The second-order valence-corrected chi connectivity index (χ2v) is 6.87. The zero-order valence-electron chi connectivity index (χ0n) is 10.8. The first kappa shape index (κ1) is 14.0. The Morgan fingerprint density at radius 1 is 1.37 bits per heavy atom. The molecule has 0 aliphatic carbocycles. The monoisotopic (exact) mass is 279 g/mol. The van der Waals surface area contributed by atoms with Crippen molar-refractivity contribution in [2.45, 2.75) is 24.3 Å². The van der Waals surface area contributed by atoms with Crippen LogP contribution in [0.15, 0.2) is 29.2 Å². The smallest absolute Gasteiger partial charge is 0.243 e. The van der Waals surface area contributed by atoms with Crippen LogP contribution in [0.4, 0.5) is 0 Å².